The summed E-state index contributed by atoms with van der Waals surface area (Å²) in [6.07, 6.45) is 8.68. The van der Waals surface area contributed by atoms with E-state index in [1.165, 1.54) is 32.1 Å². The molecule has 0 bridgehead atoms. The lowest BCUT2D eigenvalue weighted by Gasteiger charge is -2.05. The molecule has 3 heteroatoms. The fraction of sp³-hybridized carbons (Fsp3) is 0.929. The van der Waals surface area contributed by atoms with E-state index in [-0.39, 0.29) is 0 Å². The lowest BCUT2D eigenvalue weighted by atomic mass is 10.0. The highest BCUT2D eigenvalue weighted by molar-refractivity contribution is 5.66. The first-order chi connectivity index (χ1) is 8.13. The number of rotatable bonds is 12. The van der Waals surface area contributed by atoms with Gasteiger partial charge in [0.05, 0.1) is 0 Å². The average molecular weight is 243 g/mol. The Kier molecular flexibility index (Phi) is 11.5. The highest BCUT2D eigenvalue weighted by Gasteiger charge is 1.96. The van der Waals surface area contributed by atoms with Gasteiger partial charge in [0.15, 0.2) is 0 Å². The third kappa shape index (κ3) is 15.4. The molecule has 0 saturated heterocycles. The zero-order chi connectivity index (χ0) is 12.9. The van der Waals surface area contributed by atoms with Gasteiger partial charge in [-0.25, -0.2) is 0 Å². The smallest absolute Gasteiger partial charge is 0.303 e. The monoisotopic (exact) mass is 243 g/mol. The molecular weight excluding hydrogens is 214 g/mol. The van der Waals surface area contributed by atoms with Crippen molar-refractivity contribution in [3.05, 3.63) is 0 Å². The largest absolute Gasteiger partial charge is 0.481 e. The molecule has 102 valence electrons. The van der Waals surface area contributed by atoms with Crippen molar-refractivity contribution in [1.29, 1.82) is 0 Å². The van der Waals surface area contributed by atoms with Gasteiger partial charge in [-0.2, -0.15) is 0 Å². The third-order valence-electron chi connectivity index (χ3n) is 2.88. The van der Waals surface area contributed by atoms with Gasteiger partial charge in [0.2, 0.25) is 0 Å². The molecule has 3 nitrogen and oxygen atoms in total. The van der Waals surface area contributed by atoms with Crippen molar-refractivity contribution in [3.63, 3.8) is 0 Å². The molecule has 0 amide bonds. The van der Waals surface area contributed by atoms with Crippen LogP contribution in [0.4, 0.5) is 0 Å². The van der Waals surface area contributed by atoms with Crippen LogP contribution < -0.4 is 5.32 Å². The molecule has 0 spiro atoms. The molecule has 2 N–H and O–H groups in total. The fourth-order valence-electron chi connectivity index (χ4n) is 1.81. The maximum atomic E-state index is 10.3. The summed E-state index contributed by atoms with van der Waals surface area (Å²) in [5, 5.41) is 11.8. The van der Waals surface area contributed by atoms with Crippen molar-refractivity contribution < 1.29 is 9.90 Å². The van der Waals surface area contributed by atoms with Gasteiger partial charge in [0.25, 0.3) is 0 Å². The Hall–Kier alpha value is -0.570. The van der Waals surface area contributed by atoms with E-state index in [2.05, 4.69) is 19.2 Å². The van der Waals surface area contributed by atoms with E-state index in [1.54, 1.807) is 0 Å². The molecule has 0 aliphatic carbocycles. The number of carboxylic acid groups (broad SMARTS) is 1. The predicted octanol–water partition coefficient (Wildman–Crippen LogP) is 3.44. The zero-order valence-electron chi connectivity index (χ0n) is 11.5. The summed E-state index contributed by atoms with van der Waals surface area (Å²) in [6.45, 7) is 6.59. The van der Waals surface area contributed by atoms with Gasteiger partial charge in [-0.15, -0.1) is 0 Å². The summed E-state index contributed by atoms with van der Waals surface area (Å²) in [5.74, 6) is 0.150. The van der Waals surface area contributed by atoms with E-state index in [0.717, 1.165) is 31.8 Å². The molecule has 0 heterocycles. The zero-order valence-corrected chi connectivity index (χ0v) is 11.5. The minimum Gasteiger partial charge on any atom is -0.481 e. The molecule has 0 atom stereocenters. The molecule has 0 saturated carbocycles. The van der Waals surface area contributed by atoms with Crippen molar-refractivity contribution >= 4 is 5.97 Å². The second-order valence-corrected chi connectivity index (χ2v) is 5.20. The summed E-state index contributed by atoms with van der Waals surface area (Å²) in [5.41, 5.74) is 0. The van der Waals surface area contributed by atoms with Crippen molar-refractivity contribution in [2.75, 3.05) is 13.1 Å². The standard InChI is InChI=1S/C14H29NO2/c1-13(2)9-5-3-4-7-11-15-12-8-6-10-14(16)17/h13,15H,3-12H2,1-2H3,(H,16,17). The number of carbonyl (C=O) groups is 1. The average Bonchev–Trinajstić information content (AvgIpc) is 2.25. The van der Waals surface area contributed by atoms with Crippen molar-refractivity contribution in [3.8, 4) is 0 Å². The van der Waals surface area contributed by atoms with E-state index in [4.69, 9.17) is 5.11 Å². The number of carboxylic acids is 1. The van der Waals surface area contributed by atoms with Crippen LogP contribution in [0.1, 0.15) is 65.2 Å². The fourth-order valence-corrected chi connectivity index (χ4v) is 1.81. The maximum Gasteiger partial charge on any atom is 0.303 e. The summed E-state index contributed by atoms with van der Waals surface area (Å²) >= 11 is 0. The van der Waals surface area contributed by atoms with Crippen LogP contribution in [0.25, 0.3) is 0 Å². The molecule has 0 radical (unpaired) electrons. The number of unbranched alkanes of at least 4 members (excludes halogenated alkanes) is 4. The minimum atomic E-state index is -0.685. The molecule has 17 heavy (non-hydrogen) atoms. The van der Waals surface area contributed by atoms with Crippen LogP contribution in [-0.2, 0) is 4.79 Å². The van der Waals surface area contributed by atoms with Crippen LogP contribution in [0, 0.1) is 5.92 Å². The molecule has 0 aliphatic heterocycles. The first-order valence-electron chi connectivity index (χ1n) is 7.05. The van der Waals surface area contributed by atoms with Gasteiger partial charge >= 0.3 is 5.97 Å². The maximum absolute atomic E-state index is 10.3. The van der Waals surface area contributed by atoms with Gasteiger partial charge < -0.3 is 10.4 Å². The molecule has 0 aromatic rings. The highest BCUT2D eigenvalue weighted by atomic mass is 16.4. The summed E-state index contributed by atoms with van der Waals surface area (Å²) in [4.78, 5) is 10.3. The first kappa shape index (κ1) is 16.4. The Morgan fingerprint density at radius 2 is 1.59 bits per heavy atom. The second kappa shape index (κ2) is 11.9. The number of hydrogen-bond acceptors (Lipinski definition) is 2. The SMILES string of the molecule is CC(C)CCCCCCNCCCCC(=O)O. The van der Waals surface area contributed by atoms with Crippen molar-refractivity contribution in [1.82, 2.24) is 5.32 Å². The summed E-state index contributed by atoms with van der Waals surface area (Å²) < 4.78 is 0. The molecule has 0 aromatic heterocycles. The van der Waals surface area contributed by atoms with E-state index in [1.807, 2.05) is 0 Å². The normalized spacial score (nSPS) is 11.0. The second-order valence-electron chi connectivity index (χ2n) is 5.20. The van der Waals surface area contributed by atoms with Gasteiger partial charge in [0, 0.05) is 6.42 Å². The van der Waals surface area contributed by atoms with Gasteiger partial charge in [-0.05, 0) is 38.3 Å². The Morgan fingerprint density at radius 3 is 2.18 bits per heavy atom. The first-order valence-corrected chi connectivity index (χ1v) is 7.05. The number of aliphatic carboxylic acids is 1. The third-order valence-corrected chi connectivity index (χ3v) is 2.88. The van der Waals surface area contributed by atoms with Gasteiger partial charge in [-0.1, -0.05) is 39.5 Å². The van der Waals surface area contributed by atoms with Crippen LogP contribution in [-0.4, -0.2) is 24.2 Å². The van der Waals surface area contributed by atoms with Crippen LogP contribution in [0.2, 0.25) is 0 Å². The van der Waals surface area contributed by atoms with Crippen LogP contribution >= 0.6 is 0 Å². The summed E-state index contributed by atoms with van der Waals surface area (Å²) in [6, 6.07) is 0. The Balaban J connectivity index is 2.96. The highest BCUT2D eigenvalue weighted by Crippen LogP contribution is 2.08. The number of nitrogens with one attached hydrogen (secondary N) is 1. The van der Waals surface area contributed by atoms with E-state index in [9.17, 15) is 4.79 Å². The molecule has 0 unspecified atom stereocenters. The molecule has 0 aromatic carbocycles. The quantitative estimate of drug-likeness (QED) is 0.516. The van der Waals surface area contributed by atoms with Crippen LogP contribution in [0.5, 0.6) is 0 Å². The Labute approximate surface area is 106 Å². The van der Waals surface area contributed by atoms with E-state index < -0.39 is 5.97 Å². The van der Waals surface area contributed by atoms with Gasteiger partial charge in [0.1, 0.15) is 0 Å². The summed E-state index contributed by atoms with van der Waals surface area (Å²) in [7, 11) is 0. The topological polar surface area (TPSA) is 49.3 Å². The Morgan fingerprint density at radius 1 is 1.00 bits per heavy atom. The van der Waals surface area contributed by atoms with Gasteiger partial charge in [-0.3, -0.25) is 4.79 Å². The molecule has 0 aliphatic rings. The van der Waals surface area contributed by atoms with Crippen LogP contribution in [0.3, 0.4) is 0 Å². The minimum absolute atomic E-state index is 0.302. The lowest BCUT2D eigenvalue weighted by Crippen LogP contribution is -2.16. The predicted molar refractivity (Wildman–Crippen MR) is 72.3 cm³/mol. The van der Waals surface area contributed by atoms with Crippen molar-refractivity contribution in [2.45, 2.75) is 65.2 Å². The number of hydrogen-bond donors (Lipinski definition) is 2. The van der Waals surface area contributed by atoms with Crippen LogP contribution in [0.15, 0.2) is 0 Å². The molecule has 0 fully saturated rings. The van der Waals surface area contributed by atoms with E-state index in [0.29, 0.717) is 6.42 Å². The van der Waals surface area contributed by atoms with Crippen molar-refractivity contribution in [2.24, 2.45) is 5.92 Å². The Bertz CT molecular complexity index is 181. The lowest BCUT2D eigenvalue weighted by molar-refractivity contribution is -0.137. The molecular formula is C14H29NO2. The van der Waals surface area contributed by atoms with E-state index >= 15 is 0 Å². The molecule has 0 rings (SSSR count).